The number of fused-ring (bicyclic) bond motifs is 1. The standard InChI is InChI=1S/C22H17ClN2/c23-18-13-11-17(12-14-18)22-24-19(15-7-3-1-4-8-15)21-20(25(21)22)16-9-5-2-6-10-16/h1-14,20-22H. The summed E-state index contributed by atoms with van der Waals surface area (Å²) in [6.45, 7) is 0. The van der Waals surface area contributed by atoms with Crippen LogP contribution in [0.3, 0.4) is 0 Å². The smallest absolute Gasteiger partial charge is 0.129 e. The van der Waals surface area contributed by atoms with Gasteiger partial charge in [-0.05, 0) is 28.8 Å². The van der Waals surface area contributed by atoms with Crippen molar-refractivity contribution in [1.82, 2.24) is 4.90 Å². The van der Waals surface area contributed by atoms with Gasteiger partial charge in [-0.15, -0.1) is 0 Å². The molecule has 2 heterocycles. The van der Waals surface area contributed by atoms with Gasteiger partial charge < -0.3 is 0 Å². The van der Waals surface area contributed by atoms with Crippen LogP contribution in [-0.4, -0.2) is 16.7 Å². The van der Waals surface area contributed by atoms with E-state index in [0.717, 1.165) is 5.02 Å². The summed E-state index contributed by atoms with van der Waals surface area (Å²) in [5.41, 5.74) is 4.95. The van der Waals surface area contributed by atoms with Crippen LogP contribution in [0, 0.1) is 0 Å². The molecule has 122 valence electrons. The molecule has 2 aliphatic rings. The minimum atomic E-state index is 0.0580. The lowest BCUT2D eigenvalue weighted by atomic mass is 10.0. The molecule has 0 amide bonds. The minimum Gasteiger partial charge on any atom is -0.263 e. The predicted octanol–water partition coefficient (Wildman–Crippen LogP) is 5.27. The van der Waals surface area contributed by atoms with Gasteiger partial charge in [0.05, 0.1) is 17.8 Å². The monoisotopic (exact) mass is 344 g/mol. The number of rotatable bonds is 3. The second-order valence-electron chi connectivity index (χ2n) is 6.55. The van der Waals surface area contributed by atoms with Gasteiger partial charge in [0.25, 0.3) is 0 Å². The molecule has 1 fully saturated rings. The first-order valence-electron chi connectivity index (χ1n) is 8.54. The van der Waals surface area contributed by atoms with Crippen LogP contribution in [0.1, 0.15) is 28.9 Å². The van der Waals surface area contributed by atoms with Crippen molar-refractivity contribution < 1.29 is 0 Å². The van der Waals surface area contributed by atoms with Gasteiger partial charge in [-0.25, -0.2) is 0 Å². The highest BCUT2D eigenvalue weighted by Crippen LogP contribution is 2.55. The van der Waals surface area contributed by atoms with E-state index in [1.54, 1.807) is 0 Å². The van der Waals surface area contributed by atoms with E-state index >= 15 is 0 Å². The van der Waals surface area contributed by atoms with Gasteiger partial charge in [-0.3, -0.25) is 9.89 Å². The maximum atomic E-state index is 6.06. The quantitative estimate of drug-likeness (QED) is 0.591. The number of halogens is 1. The molecule has 2 nitrogen and oxygen atoms in total. The normalized spacial score (nSPS) is 26.8. The van der Waals surface area contributed by atoms with Gasteiger partial charge in [0, 0.05) is 5.02 Å². The largest absolute Gasteiger partial charge is 0.263 e. The van der Waals surface area contributed by atoms with Crippen molar-refractivity contribution in [3.63, 3.8) is 0 Å². The Labute approximate surface area is 152 Å². The molecule has 1 saturated heterocycles. The summed E-state index contributed by atoms with van der Waals surface area (Å²) in [5, 5.41) is 0.760. The highest BCUT2D eigenvalue weighted by atomic mass is 35.5. The van der Waals surface area contributed by atoms with Crippen LogP contribution in [0.5, 0.6) is 0 Å². The molecule has 4 atom stereocenters. The third-order valence-corrected chi connectivity index (χ3v) is 5.31. The lowest BCUT2D eigenvalue weighted by molar-refractivity contribution is 0.404. The van der Waals surface area contributed by atoms with Crippen molar-refractivity contribution in [1.29, 1.82) is 0 Å². The van der Waals surface area contributed by atoms with Crippen molar-refractivity contribution in [3.05, 3.63) is 107 Å². The molecule has 5 rings (SSSR count). The average molecular weight is 345 g/mol. The first kappa shape index (κ1) is 14.9. The third-order valence-electron chi connectivity index (χ3n) is 5.05. The predicted molar refractivity (Wildman–Crippen MR) is 102 cm³/mol. The molecule has 3 aromatic carbocycles. The molecule has 3 heteroatoms. The zero-order valence-corrected chi connectivity index (χ0v) is 14.3. The van der Waals surface area contributed by atoms with Crippen LogP contribution in [0.4, 0.5) is 0 Å². The molecule has 25 heavy (non-hydrogen) atoms. The maximum absolute atomic E-state index is 6.06. The van der Waals surface area contributed by atoms with E-state index in [4.69, 9.17) is 16.6 Å². The average Bonchev–Trinajstić information content (AvgIpc) is 3.28. The van der Waals surface area contributed by atoms with Crippen molar-refractivity contribution in [3.8, 4) is 0 Å². The van der Waals surface area contributed by atoms with E-state index in [0.29, 0.717) is 12.1 Å². The van der Waals surface area contributed by atoms with Crippen molar-refractivity contribution in [2.75, 3.05) is 0 Å². The van der Waals surface area contributed by atoms with Gasteiger partial charge >= 0.3 is 0 Å². The maximum Gasteiger partial charge on any atom is 0.129 e. The van der Waals surface area contributed by atoms with Crippen molar-refractivity contribution >= 4 is 17.3 Å². The molecule has 0 bridgehead atoms. The van der Waals surface area contributed by atoms with Crippen LogP contribution in [-0.2, 0) is 0 Å². The number of nitrogens with zero attached hydrogens (tertiary/aromatic N) is 2. The zero-order valence-electron chi connectivity index (χ0n) is 13.6. The fraction of sp³-hybridized carbons (Fsp3) is 0.136. The van der Waals surface area contributed by atoms with E-state index in [2.05, 4.69) is 77.7 Å². The van der Waals surface area contributed by atoms with Gasteiger partial charge in [0.1, 0.15) is 6.17 Å². The van der Waals surface area contributed by atoms with Gasteiger partial charge in [-0.1, -0.05) is 84.4 Å². The molecule has 2 aliphatic heterocycles. The van der Waals surface area contributed by atoms with E-state index in [1.807, 2.05) is 12.1 Å². The summed E-state index contributed by atoms with van der Waals surface area (Å²) < 4.78 is 0. The summed E-state index contributed by atoms with van der Waals surface area (Å²) in [5.74, 6) is 0. The SMILES string of the molecule is Clc1ccc(C2N=C(c3ccccc3)C3C(c4ccccc4)N23)cc1. The number of hydrogen-bond donors (Lipinski definition) is 0. The Morgan fingerprint density at radius 2 is 1.32 bits per heavy atom. The Morgan fingerprint density at radius 1 is 0.680 bits per heavy atom. The first-order valence-corrected chi connectivity index (χ1v) is 8.92. The van der Waals surface area contributed by atoms with Gasteiger partial charge in [0.2, 0.25) is 0 Å². The second-order valence-corrected chi connectivity index (χ2v) is 6.99. The van der Waals surface area contributed by atoms with Crippen LogP contribution in [0.2, 0.25) is 5.02 Å². The molecule has 0 aliphatic carbocycles. The molecule has 3 aromatic rings. The van der Waals surface area contributed by atoms with Crippen LogP contribution in [0.25, 0.3) is 0 Å². The summed E-state index contributed by atoms with van der Waals surface area (Å²) in [4.78, 5) is 7.55. The Balaban J connectivity index is 1.57. The van der Waals surface area contributed by atoms with E-state index < -0.39 is 0 Å². The van der Waals surface area contributed by atoms with Gasteiger partial charge in [0.15, 0.2) is 0 Å². The Kier molecular flexibility index (Phi) is 3.47. The lowest BCUT2D eigenvalue weighted by Crippen LogP contribution is -2.08. The molecule has 4 unspecified atom stereocenters. The summed E-state index contributed by atoms with van der Waals surface area (Å²) in [6, 6.07) is 30.1. The molecule has 0 N–H and O–H groups in total. The summed E-state index contributed by atoms with van der Waals surface area (Å²) in [7, 11) is 0. The molecular formula is C22H17ClN2. The molecule has 0 saturated carbocycles. The molecular weight excluding hydrogens is 328 g/mol. The van der Waals surface area contributed by atoms with E-state index in [1.165, 1.54) is 22.4 Å². The third kappa shape index (κ3) is 2.50. The van der Waals surface area contributed by atoms with Crippen molar-refractivity contribution in [2.24, 2.45) is 4.99 Å². The highest BCUT2D eigenvalue weighted by Gasteiger charge is 2.59. The first-order chi connectivity index (χ1) is 12.3. The Bertz CT molecular complexity index is 919. The second kappa shape index (κ2) is 5.83. The van der Waals surface area contributed by atoms with Crippen LogP contribution < -0.4 is 0 Å². The Hall–Kier alpha value is -2.42. The number of hydrogen-bond acceptors (Lipinski definition) is 2. The van der Waals surface area contributed by atoms with E-state index in [9.17, 15) is 0 Å². The number of benzene rings is 3. The Morgan fingerprint density at radius 3 is 2.00 bits per heavy atom. The van der Waals surface area contributed by atoms with Crippen LogP contribution >= 0.6 is 11.6 Å². The summed E-state index contributed by atoms with van der Waals surface area (Å²) >= 11 is 6.06. The summed E-state index contributed by atoms with van der Waals surface area (Å²) in [6.07, 6.45) is 0.0580. The zero-order chi connectivity index (χ0) is 16.8. The topological polar surface area (TPSA) is 15.4 Å². The van der Waals surface area contributed by atoms with Crippen molar-refractivity contribution in [2.45, 2.75) is 18.2 Å². The van der Waals surface area contributed by atoms with Crippen LogP contribution in [0.15, 0.2) is 89.9 Å². The fourth-order valence-electron chi connectivity index (χ4n) is 3.86. The van der Waals surface area contributed by atoms with E-state index in [-0.39, 0.29) is 6.17 Å². The fourth-order valence-corrected chi connectivity index (χ4v) is 3.98. The molecule has 0 radical (unpaired) electrons. The van der Waals surface area contributed by atoms with Gasteiger partial charge in [-0.2, -0.15) is 0 Å². The highest BCUT2D eigenvalue weighted by molar-refractivity contribution is 6.30. The minimum absolute atomic E-state index is 0.0580. The molecule has 0 spiro atoms. The lowest BCUT2D eigenvalue weighted by Gasteiger charge is -2.14. The number of aliphatic imine (C=N–C) groups is 1. The molecule has 0 aromatic heterocycles.